The molecule has 1 aromatic rings. The Hall–Kier alpha value is -0.950. The third kappa shape index (κ3) is 3.45. The number of sulfonamides is 1. The average molecular weight is 340 g/mol. The van der Waals surface area contributed by atoms with E-state index in [2.05, 4.69) is 32.7 Å². The van der Waals surface area contributed by atoms with Crippen molar-refractivity contribution in [3.63, 3.8) is 0 Å². The molecule has 1 heterocycles. The SMILES string of the molecule is CC(C)C1CN(S(=O)(=O)c2ccccc2)N(C(C)C)N1C(C)C. The molecule has 1 saturated heterocycles. The van der Waals surface area contributed by atoms with Crippen molar-refractivity contribution in [1.29, 1.82) is 0 Å². The van der Waals surface area contributed by atoms with Crippen LogP contribution in [0.3, 0.4) is 0 Å². The van der Waals surface area contributed by atoms with Gasteiger partial charge in [0.1, 0.15) is 0 Å². The summed E-state index contributed by atoms with van der Waals surface area (Å²) in [5.74, 6) is 0.370. The molecule has 0 bridgehead atoms. The predicted octanol–water partition coefficient (Wildman–Crippen LogP) is 2.97. The van der Waals surface area contributed by atoms with Crippen LogP contribution < -0.4 is 0 Å². The van der Waals surface area contributed by atoms with E-state index in [1.807, 2.05) is 25.0 Å². The lowest BCUT2D eigenvalue weighted by atomic mass is 10.0. The minimum absolute atomic E-state index is 0.0691. The highest BCUT2D eigenvalue weighted by Crippen LogP contribution is 2.32. The van der Waals surface area contributed by atoms with Gasteiger partial charge in [0, 0.05) is 24.7 Å². The first-order valence-corrected chi connectivity index (χ1v) is 9.77. The summed E-state index contributed by atoms with van der Waals surface area (Å²) in [7, 11) is -3.55. The Morgan fingerprint density at radius 1 is 0.957 bits per heavy atom. The molecule has 1 aromatic carbocycles. The normalized spacial score (nSPS) is 21.9. The Bertz CT molecular complexity index is 614. The van der Waals surface area contributed by atoms with E-state index in [4.69, 9.17) is 0 Å². The molecule has 0 aliphatic carbocycles. The van der Waals surface area contributed by atoms with E-state index >= 15 is 0 Å². The molecule has 0 amide bonds. The van der Waals surface area contributed by atoms with Gasteiger partial charge in [-0.3, -0.25) is 0 Å². The maximum Gasteiger partial charge on any atom is 0.257 e. The fraction of sp³-hybridized carbons (Fsp3) is 0.647. The van der Waals surface area contributed by atoms with Crippen LogP contribution in [-0.2, 0) is 10.0 Å². The van der Waals surface area contributed by atoms with E-state index < -0.39 is 10.0 Å². The Kier molecular flexibility index (Phi) is 5.51. The third-order valence-electron chi connectivity index (χ3n) is 4.23. The van der Waals surface area contributed by atoms with Crippen molar-refractivity contribution in [2.24, 2.45) is 5.92 Å². The number of hydrogen-bond donors (Lipinski definition) is 0. The second kappa shape index (κ2) is 6.89. The first kappa shape index (κ1) is 18.4. The molecule has 6 heteroatoms. The number of benzene rings is 1. The van der Waals surface area contributed by atoms with Crippen LogP contribution in [0, 0.1) is 5.92 Å². The van der Waals surface area contributed by atoms with Crippen LogP contribution in [0.4, 0.5) is 0 Å². The second-order valence-corrected chi connectivity index (χ2v) is 8.87. The van der Waals surface area contributed by atoms with Gasteiger partial charge in [-0.05, 0) is 45.7 Å². The lowest BCUT2D eigenvalue weighted by Crippen LogP contribution is -2.54. The van der Waals surface area contributed by atoms with Crippen LogP contribution >= 0.6 is 0 Å². The highest BCUT2D eigenvalue weighted by Gasteiger charge is 2.47. The monoisotopic (exact) mass is 339 g/mol. The standard InChI is InChI=1S/C17H29N3O2S/c1-13(2)17-12-18(20(15(5)6)19(17)14(3)4)23(21,22)16-10-8-7-9-11-16/h7-11,13-15,17H,12H2,1-6H3. The summed E-state index contributed by atoms with van der Waals surface area (Å²) in [6.07, 6.45) is 0. The van der Waals surface area contributed by atoms with Gasteiger partial charge in [0.2, 0.25) is 0 Å². The molecular formula is C17H29N3O2S. The Morgan fingerprint density at radius 2 is 1.52 bits per heavy atom. The van der Waals surface area contributed by atoms with Crippen molar-refractivity contribution in [3.8, 4) is 0 Å². The summed E-state index contributed by atoms with van der Waals surface area (Å²) in [6.45, 7) is 13.1. The first-order chi connectivity index (χ1) is 10.7. The summed E-state index contributed by atoms with van der Waals surface area (Å²) < 4.78 is 27.8. The van der Waals surface area contributed by atoms with Gasteiger partial charge in [-0.1, -0.05) is 32.0 Å². The van der Waals surface area contributed by atoms with E-state index in [9.17, 15) is 8.42 Å². The summed E-state index contributed by atoms with van der Waals surface area (Å²) in [6, 6.07) is 9.18. The highest BCUT2D eigenvalue weighted by molar-refractivity contribution is 7.89. The van der Waals surface area contributed by atoms with E-state index in [1.54, 1.807) is 28.7 Å². The van der Waals surface area contributed by atoms with Gasteiger partial charge < -0.3 is 0 Å². The predicted molar refractivity (Wildman–Crippen MR) is 92.9 cm³/mol. The average Bonchev–Trinajstić information content (AvgIpc) is 2.90. The van der Waals surface area contributed by atoms with E-state index in [0.717, 1.165) is 0 Å². The molecule has 0 spiro atoms. The topological polar surface area (TPSA) is 43.9 Å². The zero-order valence-electron chi connectivity index (χ0n) is 15.0. The maximum atomic E-state index is 13.1. The lowest BCUT2D eigenvalue weighted by molar-refractivity contribution is -0.135. The van der Waals surface area contributed by atoms with Gasteiger partial charge in [-0.2, -0.15) is 5.12 Å². The second-order valence-electron chi connectivity index (χ2n) is 7.02. The van der Waals surface area contributed by atoms with Crippen molar-refractivity contribution in [2.45, 2.75) is 64.6 Å². The zero-order chi connectivity index (χ0) is 17.4. The van der Waals surface area contributed by atoms with Gasteiger partial charge in [0.25, 0.3) is 10.0 Å². The molecular weight excluding hydrogens is 310 g/mol. The summed E-state index contributed by atoms with van der Waals surface area (Å²) in [5, 5.41) is 4.15. The Morgan fingerprint density at radius 3 is 1.96 bits per heavy atom. The number of rotatable bonds is 5. The zero-order valence-corrected chi connectivity index (χ0v) is 15.8. The van der Waals surface area contributed by atoms with E-state index in [1.165, 1.54) is 0 Å². The first-order valence-electron chi connectivity index (χ1n) is 8.33. The number of hydrogen-bond acceptors (Lipinski definition) is 4. The fourth-order valence-corrected chi connectivity index (χ4v) is 4.76. The maximum absolute atomic E-state index is 13.1. The minimum atomic E-state index is -3.55. The Labute approximate surface area is 140 Å². The van der Waals surface area contributed by atoms with Gasteiger partial charge in [0.15, 0.2) is 0 Å². The lowest BCUT2D eigenvalue weighted by Gasteiger charge is -2.40. The molecule has 0 saturated carbocycles. The number of hydrazine groups is 2. The molecule has 1 fully saturated rings. The van der Waals surface area contributed by atoms with Gasteiger partial charge in [-0.15, -0.1) is 4.41 Å². The fourth-order valence-electron chi connectivity index (χ4n) is 3.18. The largest absolute Gasteiger partial charge is 0.257 e. The summed E-state index contributed by atoms with van der Waals surface area (Å²) in [4.78, 5) is 0.346. The van der Waals surface area contributed by atoms with E-state index in [-0.39, 0.29) is 18.1 Å². The highest BCUT2D eigenvalue weighted by atomic mass is 32.2. The minimum Gasteiger partial charge on any atom is -0.220 e. The van der Waals surface area contributed by atoms with Crippen LogP contribution in [0.5, 0.6) is 0 Å². The van der Waals surface area contributed by atoms with Crippen LogP contribution in [0.25, 0.3) is 0 Å². The number of nitrogens with zero attached hydrogens (tertiary/aromatic N) is 3. The molecule has 1 atom stereocenters. The molecule has 1 aliphatic rings. The Balaban J connectivity index is 2.48. The molecule has 130 valence electrons. The molecule has 1 unspecified atom stereocenters. The molecule has 5 nitrogen and oxygen atoms in total. The summed E-state index contributed by atoms with van der Waals surface area (Å²) >= 11 is 0. The van der Waals surface area contributed by atoms with Gasteiger partial charge in [-0.25, -0.2) is 13.4 Å². The van der Waals surface area contributed by atoms with Crippen molar-refractivity contribution in [1.82, 2.24) is 14.5 Å². The molecule has 2 rings (SSSR count). The van der Waals surface area contributed by atoms with Crippen molar-refractivity contribution in [2.75, 3.05) is 6.54 Å². The van der Waals surface area contributed by atoms with Gasteiger partial charge in [0.05, 0.1) is 4.90 Å². The quantitative estimate of drug-likeness (QED) is 0.827. The van der Waals surface area contributed by atoms with Crippen LogP contribution in [0.2, 0.25) is 0 Å². The van der Waals surface area contributed by atoms with Crippen molar-refractivity contribution in [3.05, 3.63) is 30.3 Å². The molecule has 0 aromatic heterocycles. The third-order valence-corrected chi connectivity index (χ3v) is 5.97. The molecule has 0 N–H and O–H groups in total. The van der Waals surface area contributed by atoms with Crippen LogP contribution in [0.15, 0.2) is 35.2 Å². The molecule has 0 radical (unpaired) electrons. The van der Waals surface area contributed by atoms with Crippen molar-refractivity contribution >= 4 is 10.0 Å². The van der Waals surface area contributed by atoms with Crippen LogP contribution in [-0.4, -0.2) is 47.6 Å². The van der Waals surface area contributed by atoms with Crippen molar-refractivity contribution < 1.29 is 8.42 Å². The summed E-state index contributed by atoms with van der Waals surface area (Å²) in [5.41, 5.74) is 0. The van der Waals surface area contributed by atoms with Crippen LogP contribution in [0.1, 0.15) is 41.5 Å². The van der Waals surface area contributed by atoms with Gasteiger partial charge >= 0.3 is 0 Å². The molecule has 23 heavy (non-hydrogen) atoms. The molecule has 1 aliphatic heterocycles. The smallest absolute Gasteiger partial charge is 0.220 e. The van der Waals surface area contributed by atoms with E-state index in [0.29, 0.717) is 17.4 Å².